The van der Waals surface area contributed by atoms with Gasteiger partial charge in [-0.3, -0.25) is 4.79 Å². The van der Waals surface area contributed by atoms with Gasteiger partial charge in [0.05, 0.1) is 12.7 Å². The molecule has 0 N–H and O–H groups in total. The lowest BCUT2D eigenvalue weighted by molar-refractivity contribution is -0.137. The lowest BCUT2D eigenvalue weighted by atomic mass is 10.1. The van der Waals surface area contributed by atoms with E-state index in [1.54, 1.807) is 28.5 Å². The van der Waals surface area contributed by atoms with E-state index in [2.05, 4.69) is 4.98 Å². The second kappa shape index (κ2) is 10.0. The van der Waals surface area contributed by atoms with Gasteiger partial charge in [-0.15, -0.1) is 11.3 Å². The first kappa shape index (κ1) is 23.6. The van der Waals surface area contributed by atoms with E-state index in [1.165, 1.54) is 30.6 Å². The molecule has 1 aromatic heterocycles. The van der Waals surface area contributed by atoms with Crippen LogP contribution in [0.4, 0.5) is 13.2 Å². The van der Waals surface area contributed by atoms with Gasteiger partial charge in [-0.2, -0.15) is 13.2 Å². The number of ether oxygens (including phenoxy) is 2. The van der Waals surface area contributed by atoms with Crippen LogP contribution in [-0.2, 0) is 12.8 Å². The van der Waals surface area contributed by atoms with E-state index in [1.807, 2.05) is 13.8 Å². The van der Waals surface area contributed by atoms with Crippen molar-refractivity contribution in [3.63, 3.8) is 0 Å². The van der Waals surface area contributed by atoms with Crippen LogP contribution >= 0.6 is 11.3 Å². The van der Waals surface area contributed by atoms with Crippen molar-refractivity contribution in [3.8, 4) is 22.1 Å². The van der Waals surface area contributed by atoms with Crippen molar-refractivity contribution in [2.75, 3.05) is 20.2 Å². The average molecular weight is 465 g/mol. The molecule has 0 fully saturated rings. The Morgan fingerprint density at radius 2 is 1.75 bits per heavy atom. The standard InChI is InChI=1S/C23H23F3N2O3S/c1-4-28(5-2)22(29)18-14-32-21(27-18)16-8-11-19(20(12-16)30-3)31-13-15-6-9-17(10-7-15)23(24,25)26/h6-12,14H,4-5,13H2,1-3H3. The predicted molar refractivity (Wildman–Crippen MR) is 117 cm³/mol. The van der Waals surface area contributed by atoms with Crippen LogP contribution in [0, 0.1) is 0 Å². The van der Waals surface area contributed by atoms with Crippen LogP contribution in [-0.4, -0.2) is 36.0 Å². The van der Waals surface area contributed by atoms with Gasteiger partial charge >= 0.3 is 6.18 Å². The summed E-state index contributed by atoms with van der Waals surface area (Å²) in [5, 5.41) is 2.41. The number of aromatic nitrogens is 1. The van der Waals surface area contributed by atoms with Crippen LogP contribution in [0.1, 0.15) is 35.5 Å². The molecule has 0 radical (unpaired) electrons. The molecule has 0 aliphatic heterocycles. The molecule has 5 nitrogen and oxygen atoms in total. The first-order valence-corrected chi connectivity index (χ1v) is 10.9. The first-order chi connectivity index (χ1) is 15.3. The number of amides is 1. The van der Waals surface area contributed by atoms with Crippen LogP contribution in [0.2, 0.25) is 0 Å². The molecule has 9 heteroatoms. The molecule has 0 saturated carbocycles. The van der Waals surface area contributed by atoms with Crippen molar-refractivity contribution < 1.29 is 27.4 Å². The van der Waals surface area contributed by atoms with Crippen LogP contribution < -0.4 is 9.47 Å². The maximum Gasteiger partial charge on any atom is 0.416 e. The minimum atomic E-state index is -4.37. The fourth-order valence-corrected chi connectivity index (χ4v) is 3.84. The Labute approximate surface area is 188 Å². The number of thiazole rings is 1. The Morgan fingerprint density at radius 1 is 1.06 bits per heavy atom. The summed E-state index contributed by atoms with van der Waals surface area (Å²) in [7, 11) is 1.50. The molecular weight excluding hydrogens is 441 g/mol. The molecule has 2 aromatic carbocycles. The lowest BCUT2D eigenvalue weighted by Crippen LogP contribution is -2.30. The zero-order valence-electron chi connectivity index (χ0n) is 17.9. The summed E-state index contributed by atoms with van der Waals surface area (Å²) < 4.78 is 49.3. The van der Waals surface area contributed by atoms with Gasteiger partial charge in [0.25, 0.3) is 5.91 Å². The Morgan fingerprint density at radius 3 is 2.34 bits per heavy atom. The number of carbonyl (C=O) groups excluding carboxylic acids is 1. The molecule has 3 rings (SSSR count). The number of carbonyl (C=O) groups is 1. The fourth-order valence-electron chi connectivity index (χ4n) is 3.05. The summed E-state index contributed by atoms with van der Waals surface area (Å²) in [6.45, 7) is 5.15. The van der Waals surface area contributed by atoms with Gasteiger partial charge in [0.15, 0.2) is 11.5 Å². The SMILES string of the molecule is CCN(CC)C(=O)c1csc(-c2ccc(OCc3ccc(C(F)(F)F)cc3)c(OC)c2)n1. The number of benzene rings is 2. The third-order valence-corrected chi connectivity index (χ3v) is 5.75. The Hall–Kier alpha value is -3.07. The van der Waals surface area contributed by atoms with E-state index in [0.29, 0.717) is 40.9 Å². The van der Waals surface area contributed by atoms with Gasteiger partial charge in [0.1, 0.15) is 17.3 Å². The number of hydrogen-bond acceptors (Lipinski definition) is 5. The summed E-state index contributed by atoms with van der Waals surface area (Å²) in [5.74, 6) is 0.800. The minimum Gasteiger partial charge on any atom is -0.493 e. The molecule has 32 heavy (non-hydrogen) atoms. The summed E-state index contributed by atoms with van der Waals surface area (Å²) in [5.41, 5.74) is 1.07. The molecule has 0 saturated heterocycles. The van der Waals surface area contributed by atoms with Crippen molar-refractivity contribution in [2.45, 2.75) is 26.6 Å². The molecule has 0 unspecified atom stereocenters. The van der Waals surface area contributed by atoms with Crippen LogP contribution in [0.15, 0.2) is 47.8 Å². The van der Waals surface area contributed by atoms with Gasteiger partial charge in [-0.1, -0.05) is 12.1 Å². The van der Waals surface area contributed by atoms with Crippen molar-refractivity contribution in [3.05, 3.63) is 64.7 Å². The van der Waals surface area contributed by atoms with Gasteiger partial charge in [0.2, 0.25) is 0 Å². The van der Waals surface area contributed by atoms with Crippen LogP contribution in [0.25, 0.3) is 10.6 Å². The molecule has 3 aromatic rings. The quantitative estimate of drug-likeness (QED) is 0.417. The van der Waals surface area contributed by atoms with Crippen molar-refractivity contribution in [1.82, 2.24) is 9.88 Å². The Bertz CT molecular complexity index is 1060. The van der Waals surface area contributed by atoms with Crippen LogP contribution in [0.5, 0.6) is 11.5 Å². The highest BCUT2D eigenvalue weighted by Crippen LogP contribution is 2.35. The molecule has 1 heterocycles. The Kier molecular flexibility index (Phi) is 7.40. The maximum atomic E-state index is 12.7. The molecular formula is C23H23F3N2O3S. The van der Waals surface area contributed by atoms with Gasteiger partial charge in [-0.05, 0) is 49.7 Å². The molecule has 0 atom stereocenters. The molecule has 0 aliphatic rings. The van der Waals surface area contributed by atoms with Gasteiger partial charge < -0.3 is 14.4 Å². The van der Waals surface area contributed by atoms with Gasteiger partial charge in [-0.25, -0.2) is 4.98 Å². The zero-order valence-corrected chi connectivity index (χ0v) is 18.7. The number of methoxy groups -OCH3 is 1. The summed E-state index contributed by atoms with van der Waals surface area (Å²) in [4.78, 5) is 18.7. The lowest BCUT2D eigenvalue weighted by Gasteiger charge is -2.16. The number of halogens is 3. The summed E-state index contributed by atoms with van der Waals surface area (Å²) in [6, 6.07) is 10.1. The molecule has 1 amide bonds. The predicted octanol–water partition coefficient (Wildman–Crippen LogP) is 5.90. The monoisotopic (exact) mass is 464 g/mol. The first-order valence-electron chi connectivity index (χ1n) is 9.99. The largest absolute Gasteiger partial charge is 0.493 e. The average Bonchev–Trinajstić information content (AvgIpc) is 3.28. The molecule has 170 valence electrons. The van der Waals surface area contributed by atoms with E-state index in [0.717, 1.165) is 17.7 Å². The summed E-state index contributed by atoms with van der Waals surface area (Å²) >= 11 is 1.36. The highest BCUT2D eigenvalue weighted by atomic mass is 32.1. The maximum absolute atomic E-state index is 12.7. The van der Waals surface area contributed by atoms with Crippen molar-refractivity contribution in [2.24, 2.45) is 0 Å². The Balaban J connectivity index is 1.73. The van der Waals surface area contributed by atoms with Crippen molar-refractivity contribution >= 4 is 17.2 Å². The third kappa shape index (κ3) is 5.40. The van der Waals surface area contributed by atoms with E-state index < -0.39 is 11.7 Å². The fraction of sp³-hybridized carbons (Fsp3) is 0.304. The minimum absolute atomic E-state index is 0.0909. The highest BCUT2D eigenvalue weighted by Gasteiger charge is 2.29. The van der Waals surface area contributed by atoms with E-state index in [4.69, 9.17) is 9.47 Å². The highest BCUT2D eigenvalue weighted by molar-refractivity contribution is 7.13. The van der Waals surface area contributed by atoms with Gasteiger partial charge in [0, 0.05) is 24.0 Å². The smallest absolute Gasteiger partial charge is 0.416 e. The topological polar surface area (TPSA) is 51.7 Å². The van der Waals surface area contributed by atoms with E-state index in [9.17, 15) is 18.0 Å². The second-order valence-corrected chi connectivity index (χ2v) is 7.72. The number of rotatable bonds is 8. The van der Waals surface area contributed by atoms with E-state index in [-0.39, 0.29) is 12.5 Å². The molecule has 0 bridgehead atoms. The number of alkyl halides is 3. The normalized spacial score (nSPS) is 11.3. The number of hydrogen-bond donors (Lipinski definition) is 0. The number of nitrogens with zero attached hydrogens (tertiary/aromatic N) is 2. The molecule has 0 spiro atoms. The van der Waals surface area contributed by atoms with Crippen molar-refractivity contribution in [1.29, 1.82) is 0 Å². The second-order valence-electron chi connectivity index (χ2n) is 6.86. The van der Waals surface area contributed by atoms with E-state index >= 15 is 0 Å². The molecule has 0 aliphatic carbocycles. The third-order valence-electron chi connectivity index (χ3n) is 4.86. The summed E-state index contributed by atoms with van der Waals surface area (Å²) in [6.07, 6.45) is -4.37. The van der Waals surface area contributed by atoms with Crippen LogP contribution in [0.3, 0.4) is 0 Å². The zero-order chi connectivity index (χ0) is 23.3.